The van der Waals surface area contributed by atoms with Gasteiger partial charge in [-0.25, -0.2) is 9.97 Å². The number of ether oxygens (including phenoxy) is 1. The molecule has 0 aliphatic heterocycles. The number of pyridine rings is 1. The minimum absolute atomic E-state index is 0.186. The summed E-state index contributed by atoms with van der Waals surface area (Å²) in [6, 6.07) is 12.3. The predicted molar refractivity (Wildman–Crippen MR) is 119 cm³/mol. The van der Waals surface area contributed by atoms with E-state index in [0.717, 1.165) is 11.3 Å². The van der Waals surface area contributed by atoms with E-state index in [1.165, 1.54) is 10.5 Å². The average Bonchev–Trinajstić information content (AvgIpc) is 2.97. The van der Waals surface area contributed by atoms with Crippen molar-refractivity contribution in [1.29, 1.82) is 0 Å². The van der Waals surface area contributed by atoms with Gasteiger partial charge < -0.3 is 9.30 Å². The fourth-order valence-electron chi connectivity index (χ4n) is 3.35. The maximum Gasteiger partial charge on any atom is 0.306 e. The van der Waals surface area contributed by atoms with Gasteiger partial charge in [0.25, 0.3) is 0 Å². The van der Waals surface area contributed by atoms with Crippen molar-refractivity contribution in [2.45, 2.75) is 45.1 Å². The molecule has 154 valence electrons. The molecular weight excluding hydrogens is 406 g/mol. The Hall–Kier alpha value is -2.05. The summed E-state index contributed by atoms with van der Waals surface area (Å²) < 4.78 is 7.31. The van der Waals surface area contributed by atoms with Gasteiger partial charge in [-0.2, -0.15) is 0 Å². The highest BCUT2D eigenvalue weighted by molar-refractivity contribution is 7.98. The van der Waals surface area contributed by atoms with Gasteiger partial charge in [0.05, 0.1) is 18.5 Å². The van der Waals surface area contributed by atoms with E-state index < -0.39 is 0 Å². The molecule has 29 heavy (non-hydrogen) atoms. The Kier molecular flexibility index (Phi) is 6.85. The number of carbonyl (C=O) groups is 1. The molecule has 0 fully saturated rings. The number of halogens is 1. The van der Waals surface area contributed by atoms with Crippen LogP contribution < -0.4 is 0 Å². The van der Waals surface area contributed by atoms with E-state index in [4.69, 9.17) is 21.3 Å². The summed E-state index contributed by atoms with van der Waals surface area (Å²) in [6.07, 6.45) is 3.03. The van der Waals surface area contributed by atoms with Crippen LogP contribution in [0.5, 0.6) is 0 Å². The molecule has 5 nitrogen and oxygen atoms in total. The van der Waals surface area contributed by atoms with E-state index >= 15 is 0 Å². The molecule has 7 heteroatoms. The van der Waals surface area contributed by atoms with Gasteiger partial charge in [0.1, 0.15) is 11.0 Å². The van der Waals surface area contributed by atoms with Gasteiger partial charge in [0, 0.05) is 17.9 Å². The number of hydrogen-bond acceptors (Lipinski definition) is 5. The van der Waals surface area contributed by atoms with E-state index in [0.29, 0.717) is 36.8 Å². The second kappa shape index (κ2) is 9.18. The van der Waals surface area contributed by atoms with Crippen LogP contribution >= 0.6 is 23.4 Å². The topological polar surface area (TPSA) is 57.0 Å². The SMILES string of the molecule is CCOC(=O)CC(C)(C)Cc1nc2nc(Cl)ccc2n1Cc1ccc(SC)cc1. The predicted octanol–water partition coefficient (Wildman–Crippen LogP) is 5.38. The molecule has 0 spiro atoms. The zero-order valence-corrected chi connectivity index (χ0v) is 18.8. The van der Waals surface area contributed by atoms with Crippen molar-refractivity contribution in [1.82, 2.24) is 14.5 Å². The lowest BCUT2D eigenvalue weighted by molar-refractivity contribution is -0.145. The molecule has 0 atom stereocenters. The van der Waals surface area contributed by atoms with Crippen molar-refractivity contribution in [2.24, 2.45) is 5.41 Å². The summed E-state index contributed by atoms with van der Waals surface area (Å²) in [5, 5.41) is 0.420. The zero-order valence-electron chi connectivity index (χ0n) is 17.2. The molecule has 0 aliphatic carbocycles. The lowest BCUT2D eigenvalue weighted by Crippen LogP contribution is -2.23. The van der Waals surface area contributed by atoms with Crippen LogP contribution in [0.25, 0.3) is 11.2 Å². The summed E-state index contributed by atoms with van der Waals surface area (Å²) in [7, 11) is 0. The molecule has 0 amide bonds. The monoisotopic (exact) mass is 431 g/mol. The summed E-state index contributed by atoms with van der Waals surface area (Å²) in [5.41, 5.74) is 2.45. The van der Waals surface area contributed by atoms with Crippen LogP contribution in [0.3, 0.4) is 0 Å². The summed E-state index contributed by atoms with van der Waals surface area (Å²) >= 11 is 7.81. The number of thioether (sulfide) groups is 1. The second-order valence-corrected chi connectivity index (χ2v) is 9.03. The Morgan fingerprint density at radius 1 is 1.17 bits per heavy atom. The van der Waals surface area contributed by atoms with Gasteiger partial charge >= 0.3 is 5.97 Å². The summed E-state index contributed by atoms with van der Waals surface area (Å²) in [6.45, 7) is 7.01. The standard InChI is InChI=1S/C22H26ClN3O2S/c1-5-28-20(27)13-22(2,3)12-19-25-21-17(10-11-18(23)24-21)26(19)14-15-6-8-16(29-4)9-7-15/h6-11H,5,12-14H2,1-4H3. The number of nitrogens with zero attached hydrogens (tertiary/aromatic N) is 3. The Bertz CT molecular complexity index is 999. The van der Waals surface area contributed by atoms with Crippen molar-refractivity contribution in [2.75, 3.05) is 12.9 Å². The molecule has 0 saturated carbocycles. The highest BCUT2D eigenvalue weighted by Gasteiger charge is 2.27. The largest absolute Gasteiger partial charge is 0.466 e. The van der Waals surface area contributed by atoms with Gasteiger partial charge in [-0.15, -0.1) is 11.8 Å². The van der Waals surface area contributed by atoms with Crippen LogP contribution in [-0.2, 0) is 22.5 Å². The molecule has 0 saturated heterocycles. The van der Waals surface area contributed by atoms with Crippen molar-refractivity contribution < 1.29 is 9.53 Å². The zero-order chi connectivity index (χ0) is 21.0. The second-order valence-electron chi connectivity index (χ2n) is 7.76. The number of aromatic nitrogens is 3. The van der Waals surface area contributed by atoms with Crippen LogP contribution in [0, 0.1) is 5.41 Å². The van der Waals surface area contributed by atoms with Gasteiger partial charge in [-0.05, 0) is 48.4 Å². The van der Waals surface area contributed by atoms with Crippen LogP contribution in [0.2, 0.25) is 5.15 Å². The number of fused-ring (bicyclic) bond motifs is 1. The maximum atomic E-state index is 12.0. The highest BCUT2D eigenvalue weighted by Crippen LogP contribution is 2.29. The number of rotatable bonds is 8. The first-order valence-corrected chi connectivity index (χ1v) is 11.2. The van der Waals surface area contributed by atoms with E-state index in [1.807, 2.05) is 13.0 Å². The maximum absolute atomic E-state index is 12.0. The molecule has 0 N–H and O–H groups in total. The smallest absolute Gasteiger partial charge is 0.306 e. The minimum atomic E-state index is -0.294. The van der Waals surface area contributed by atoms with Crippen molar-refractivity contribution in [3.05, 3.63) is 52.9 Å². The highest BCUT2D eigenvalue weighted by atomic mass is 35.5. The summed E-state index contributed by atoms with van der Waals surface area (Å²) in [5.74, 6) is 0.701. The molecule has 2 heterocycles. The minimum Gasteiger partial charge on any atom is -0.466 e. The van der Waals surface area contributed by atoms with Crippen LogP contribution in [0.4, 0.5) is 0 Å². The third-order valence-electron chi connectivity index (χ3n) is 4.72. The first kappa shape index (κ1) is 21.7. The third kappa shape index (κ3) is 5.52. The quantitative estimate of drug-likeness (QED) is 0.272. The van der Waals surface area contributed by atoms with E-state index in [9.17, 15) is 4.79 Å². The van der Waals surface area contributed by atoms with Gasteiger partial charge in [-0.3, -0.25) is 4.79 Å². The molecule has 3 aromatic rings. The van der Waals surface area contributed by atoms with Gasteiger partial charge in [0.15, 0.2) is 5.65 Å². The Morgan fingerprint density at radius 3 is 2.55 bits per heavy atom. The molecular formula is C22H26ClN3O2S. The third-order valence-corrected chi connectivity index (χ3v) is 5.68. The van der Waals surface area contributed by atoms with E-state index in [2.05, 4.69) is 53.9 Å². The Balaban J connectivity index is 1.94. The summed E-state index contributed by atoms with van der Waals surface area (Å²) in [4.78, 5) is 22.4. The van der Waals surface area contributed by atoms with E-state index in [-0.39, 0.29) is 11.4 Å². The molecule has 2 aromatic heterocycles. The molecule has 1 aromatic carbocycles. The van der Waals surface area contributed by atoms with Gasteiger partial charge in [0.2, 0.25) is 0 Å². The van der Waals surface area contributed by atoms with Crippen LogP contribution in [0.15, 0.2) is 41.3 Å². The molecule has 0 radical (unpaired) electrons. The lowest BCUT2D eigenvalue weighted by atomic mass is 9.85. The first-order chi connectivity index (χ1) is 13.8. The Morgan fingerprint density at radius 2 is 1.90 bits per heavy atom. The number of carbonyl (C=O) groups excluding carboxylic acids is 1. The number of esters is 1. The van der Waals surface area contributed by atoms with Crippen molar-refractivity contribution in [3.8, 4) is 0 Å². The molecule has 3 rings (SSSR count). The van der Waals surface area contributed by atoms with Crippen LogP contribution in [-0.4, -0.2) is 33.4 Å². The van der Waals surface area contributed by atoms with Crippen molar-refractivity contribution in [3.63, 3.8) is 0 Å². The fourth-order valence-corrected chi connectivity index (χ4v) is 3.90. The first-order valence-electron chi connectivity index (χ1n) is 9.61. The Labute approximate surface area is 180 Å². The number of benzene rings is 1. The van der Waals surface area contributed by atoms with E-state index in [1.54, 1.807) is 17.8 Å². The number of imidazole rings is 1. The van der Waals surface area contributed by atoms with Gasteiger partial charge in [-0.1, -0.05) is 37.6 Å². The average molecular weight is 432 g/mol. The molecule has 0 unspecified atom stereocenters. The molecule has 0 aliphatic rings. The lowest BCUT2D eigenvalue weighted by Gasteiger charge is -2.23. The number of hydrogen-bond donors (Lipinski definition) is 0. The van der Waals surface area contributed by atoms with Crippen LogP contribution in [0.1, 0.15) is 38.6 Å². The normalized spacial score (nSPS) is 11.8. The van der Waals surface area contributed by atoms with Crippen molar-refractivity contribution >= 4 is 40.5 Å². The fraction of sp³-hybridized carbons (Fsp3) is 0.409. The molecule has 0 bridgehead atoms.